The lowest BCUT2D eigenvalue weighted by Gasteiger charge is -2.28. The van der Waals surface area contributed by atoms with Crippen molar-refractivity contribution in [1.82, 2.24) is 0 Å². The maximum atomic E-state index is 10.0. The van der Waals surface area contributed by atoms with Gasteiger partial charge in [-0.2, -0.15) is 0 Å². The van der Waals surface area contributed by atoms with Crippen molar-refractivity contribution in [1.29, 1.82) is 0 Å². The molecule has 0 saturated carbocycles. The van der Waals surface area contributed by atoms with Crippen molar-refractivity contribution in [3.8, 4) is 28.7 Å². The Kier molecular flexibility index (Phi) is 7.77. The number of hydrogen-bond donors (Lipinski definition) is 1. The van der Waals surface area contributed by atoms with E-state index in [4.69, 9.17) is 0 Å². The summed E-state index contributed by atoms with van der Waals surface area (Å²) in [6.07, 6.45) is 3.04. The van der Waals surface area contributed by atoms with E-state index in [0.717, 1.165) is 19.3 Å². The average Bonchev–Trinajstić information content (AvgIpc) is 2.65. The van der Waals surface area contributed by atoms with Crippen molar-refractivity contribution < 1.29 is 5.11 Å². The first kappa shape index (κ1) is 20.9. The lowest BCUT2D eigenvalue weighted by molar-refractivity contribution is 0.473. The van der Waals surface area contributed by atoms with E-state index in [9.17, 15) is 5.11 Å². The van der Waals surface area contributed by atoms with Crippen LogP contribution in [0.2, 0.25) is 11.1 Å². The predicted octanol–water partition coefficient (Wildman–Crippen LogP) is 6.12. The normalized spacial score (nSPS) is 10.9. The van der Waals surface area contributed by atoms with Crippen LogP contribution >= 0.6 is 0 Å². The average molecular weight is 375 g/mol. The third kappa shape index (κ3) is 5.78. The number of unbranched alkanes of at least 4 members (excludes halogenated alkanes) is 1. The maximum absolute atomic E-state index is 10.0. The molecule has 0 amide bonds. The zero-order valence-electron chi connectivity index (χ0n) is 16.9. The molecule has 140 valence electrons. The van der Waals surface area contributed by atoms with Gasteiger partial charge in [-0.05, 0) is 41.6 Å². The van der Waals surface area contributed by atoms with Crippen molar-refractivity contribution in [3.05, 3.63) is 65.7 Å². The lowest BCUT2D eigenvalue weighted by atomic mass is 10.1. The largest absolute Gasteiger partial charge is 0.507 e. The third-order valence-corrected chi connectivity index (χ3v) is 9.81. The van der Waals surface area contributed by atoms with Gasteiger partial charge in [0.15, 0.2) is 0 Å². The Labute approximate surface area is 165 Å². The Balaban J connectivity index is 2.16. The fourth-order valence-corrected chi connectivity index (χ4v) is 6.57. The molecule has 0 aromatic heterocycles. The molecule has 1 N–H and O–H groups in total. The highest BCUT2D eigenvalue weighted by molar-refractivity contribution is 6.96. The standard InChI is InChI=1S/C25H30OSi/c1-21(2)27(22(3)4,20-18-24-16-10-11-17-25(24)26)19-12-6-9-15-23-13-7-5-8-14-23/h5,7-8,10-11,13-14,16-17,21-22,26H,6,9,15H2,1-4H3. The molecule has 2 aromatic rings. The molecule has 0 aliphatic carbocycles. The van der Waals surface area contributed by atoms with Crippen molar-refractivity contribution in [2.45, 2.75) is 58.0 Å². The summed E-state index contributed by atoms with van der Waals surface area (Å²) >= 11 is 0. The number of benzene rings is 2. The van der Waals surface area contributed by atoms with Crippen LogP contribution in [-0.2, 0) is 6.42 Å². The highest BCUT2D eigenvalue weighted by atomic mass is 28.3. The molecular weight excluding hydrogens is 344 g/mol. The zero-order valence-corrected chi connectivity index (χ0v) is 17.9. The van der Waals surface area contributed by atoms with E-state index in [1.165, 1.54) is 5.56 Å². The van der Waals surface area contributed by atoms with Gasteiger partial charge >= 0.3 is 0 Å². The summed E-state index contributed by atoms with van der Waals surface area (Å²) < 4.78 is 0. The summed E-state index contributed by atoms with van der Waals surface area (Å²) in [7, 11) is -2.12. The summed E-state index contributed by atoms with van der Waals surface area (Å²) in [6.45, 7) is 8.96. The van der Waals surface area contributed by atoms with Crippen molar-refractivity contribution in [2.24, 2.45) is 0 Å². The molecular formula is C25H30OSi. The molecule has 0 unspecified atom stereocenters. The van der Waals surface area contributed by atoms with E-state index in [0.29, 0.717) is 16.6 Å². The molecule has 0 aliphatic heterocycles. The SMILES string of the molecule is CC(C)[Si](C#CCCCc1ccccc1)(C#Cc1ccccc1O)C(C)C. The van der Waals surface area contributed by atoms with Crippen LogP contribution in [0.5, 0.6) is 5.75 Å². The Morgan fingerprint density at radius 3 is 2.11 bits per heavy atom. The Morgan fingerprint density at radius 1 is 0.852 bits per heavy atom. The number of aryl methyl sites for hydroxylation is 1. The summed E-state index contributed by atoms with van der Waals surface area (Å²) in [6, 6.07) is 17.9. The Morgan fingerprint density at radius 2 is 1.48 bits per heavy atom. The van der Waals surface area contributed by atoms with Crippen LogP contribution in [-0.4, -0.2) is 13.2 Å². The minimum atomic E-state index is -2.12. The second kappa shape index (κ2) is 10.1. The van der Waals surface area contributed by atoms with Crippen LogP contribution in [0.15, 0.2) is 54.6 Å². The third-order valence-electron chi connectivity index (χ3n) is 5.03. The van der Waals surface area contributed by atoms with Crippen LogP contribution in [0.1, 0.15) is 51.7 Å². The summed E-state index contributed by atoms with van der Waals surface area (Å²) in [5.74, 6) is 6.95. The van der Waals surface area contributed by atoms with Crippen molar-refractivity contribution in [2.75, 3.05) is 0 Å². The second-order valence-electron chi connectivity index (χ2n) is 7.59. The van der Waals surface area contributed by atoms with Gasteiger partial charge in [-0.1, -0.05) is 76.1 Å². The number of phenolic OH excluding ortho intramolecular Hbond substituents is 1. The molecule has 0 atom stereocenters. The van der Waals surface area contributed by atoms with Gasteiger partial charge in [0, 0.05) is 6.42 Å². The number of aromatic hydroxyl groups is 1. The molecule has 2 aromatic carbocycles. The van der Waals surface area contributed by atoms with Crippen LogP contribution in [0.25, 0.3) is 0 Å². The molecule has 27 heavy (non-hydrogen) atoms. The minimum Gasteiger partial charge on any atom is -0.507 e. The first-order chi connectivity index (χ1) is 13.0. The molecule has 0 heterocycles. The Hall–Kier alpha value is -2.42. The van der Waals surface area contributed by atoms with E-state index >= 15 is 0 Å². The van der Waals surface area contributed by atoms with Crippen molar-refractivity contribution in [3.63, 3.8) is 0 Å². The molecule has 1 nitrogen and oxygen atoms in total. The molecule has 0 saturated heterocycles. The Bertz CT molecular complexity index is 836. The number of rotatable bonds is 5. The summed E-state index contributed by atoms with van der Waals surface area (Å²) in [5, 5.41) is 10.0. The molecule has 2 rings (SSSR count). The zero-order chi connectivity index (χ0) is 19.7. The smallest absolute Gasteiger partial charge is 0.222 e. The number of para-hydroxylation sites is 1. The van der Waals surface area contributed by atoms with E-state index in [2.05, 4.69) is 81.0 Å². The second-order valence-corrected chi connectivity index (χ2v) is 12.1. The molecule has 0 spiro atoms. The van der Waals surface area contributed by atoms with Gasteiger partial charge in [-0.3, -0.25) is 0 Å². The molecule has 2 heteroatoms. The van der Waals surface area contributed by atoms with Gasteiger partial charge in [0.2, 0.25) is 8.07 Å². The molecule has 0 aliphatic rings. The highest BCUT2D eigenvalue weighted by Gasteiger charge is 2.37. The van der Waals surface area contributed by atoms with Crippen LogP contribution in [0.3, 0.4) is 0 Å². The quantitative estimate of drug-likeness (QED) is 0.380. The molecule has 0 fully saturated rings. The van der Waals surface area contributed by atoms with Gasteiger partial charge in [0.05, 0.1) is 5.56 Å². The predicted molar refractivity (Wildman–Crippen MR) is 118 cm³/mol. The summed E-state index contributed by atoms with van der Waals surface area (Å²) in [5.41, 5.74) is 10.1. The fraction of sp³-hybridized carbons (Fsp3) is 0.360. The van der Waals surface area contributed by atoms with Crippen LogP contribution < -0.4 is 0 Å². The number of hydrogen-bond acceptors (Lipinski definition) is 1. The van der Waals surface area contributed by atoms with Gasteiger partial charge < -0.3 is 5.11 Å². The summed E-state index contributed by atoms with van der Waals surface area (Å²) in [4.78, 5) is 0. The van der Waals surface area contributed by atoms with Crippen molar-refractivity contribution >= 4 is 8.07 Å². The van der Waals surface area contributed by atoms with Crippen LogP contribution in [0.4, 0.5) is 0 Å². The monoisotopic (exact) mass is 374 g/mol. The number of phenols is 1. The minimum absolute atomic E-state index is 0.247. The van der Waals surface area contributed by atoms with E-state index < -0.39 is 8.07 Å². The lowest BCUT2D eigenvalue weighted by Crippen LogP contribution is -2.39. The van der Waals surface area contributed by atoms with Gasteiger partial charge in [0.25, 0.3) is 0 Å². The molecule has 0 radical (unpaired) electrons. The van der Waals surface area contributed by atoms with Gasteiger partial charge in [-0.15, -0.1) is 17.0 Å². The maximum Gasteiger partial charge on any atom is 0.222 e. The highest BCUT2D eigenvalue weighted by Crippen LogP contribution is 2.31. The van der Waals surface area contributed by atoms with Gasteiger partial charge in [-0.25, -0.2) is 0 Å². The first-order valence-electron chi connectivity index (χ1n) is 9.81. The van der Waals surface area contributed by atoms with Crippen LogP contribution in [0, 0.1) is 22.9 Å². The molecule has 0 bridgehead atoms. The van der Waals surface area contributed by atoms with E-state index in [1.54, 1.807) is 6.07 Å². The van der Waals surface area contributed by atoms with Gasteiger partial charge in [0.1, 0.15) is 5.75 Å². The topological polar surface area (TPSA) is 20.2 Å². The fourth-order valence-electron chi connectivity index (χ4n) is 3.26. The van der Waals surface area contributed by atoms with E-state index in [-0.39, 0.29) is 5.75 Å². The van der Waals surface area contributed by atoms with E-state index in [1.807, 2.05) is 18.2 Å². The first-order valence-corrected chi connectivity index (χ1v) is 12.0.